The van der Waals surface area contributed by atoms with Gasteiger partial charge in [0.1, 0.15) is 36.6 Å². The number of hydrogen-bond donors (Lipinski definition) is 9. The van der Waals surface area contributed by atoms with Gasteiger partial charge in [0.2, 0.25) is 0 Å². The van der Waals surface area contributed by atoms with Gasteiger partial charge in [-0.15, -0.1) is 0 Å². The molecule has 1 fully saturated rings. The quantitative estimate of drug-likeness (QED) is 0.198. The molecule has 0 amide bonds. The normalized spacial score (nSPS) is 35.9. The van der Waals surface area contributed by atoms with E-state index in [1.165, 1.54) is 0 Å². The highest BCUT2D eigenvalue weighted by Crippen LogP contribution is 2.23. The van der Waals surface area contributed by atoms with Gasteiger partial charge >= 0.3 is 5.97 Å². The second-order valence-electron chi connectivity index (χ2n) is 5.41. The smallest absolute Gasteiger partial charge is 0.335 e. The van der Waals surface area contributed by atoms with E-state index in [0.29, 0.717) is 0 Å². The maximum atomic E-state index is 10.7. The molecule has 1 aliphatic rings. The van der Waals surface area contributed by atoms with E-state index in [1.807, 2.05) is 0 Å². The molecule has 142 valence electrons. The van der Waals surface area contributed by atoms with Crippen molar-refractivity contribution in [3.8, 4) is 0 Å². The largest absolute Gasteiger partial charge is 0.479 e. The van der Waals surface area contributed by atoms with Gasteiger partial charge in [0.05, 0.1) is 19.3 Å². The van der Waals surface area contributed by atoms with Crippen LogP contribution in [0.4, 0.5) is 0 Å². The van der Waals surface area contributed by atoms with Crippen LogP contribution in [0.15, 0.2) is 0 Å². The van der Waals surface area contributed by atoms with Crippen LogP contribution in [0.1, 0.15) is 0 Å². The number of aliphatic carboxylic acids is 1. The van der Waals surface area contributed by atoms with Crippen molar-refractivity contribution in [2.75, 3.05) is 13.2 Å². The molecule has 0 saturated carbocycles. The van der Waals surface area contributed by atoms with Gasteiger partial charge in [-0.3, -0.25) is 0 Å². The fourth-order valence-electron chi connectivity index (χ4n) is 2.21. The van der Waals surface area contributed by atoms with Crippen LogP contribution in [-0.2, 0) is 14.3 Å². The number of aliphatic hydroxyl groups excluding tert-OH is 7. The molecular weight excluding hydrogens is 334 g/mol. The number of rotatable bonds is 8. The van der Waals surface area contributed by atoms with Crippen LogP contribution in [0.3, 0.4) is 0 Å². The van der Waals surface area contributed by atoms with Gasteiger partial charge in [-0.1, -0.05) is 0 Å². The number of carboxylic acid groups (broad SMARTS) is 1. The Balaban J connectivity index is 2.94. The van der Waals surface area contributed by atoms with E-state index in [4.69, 9.17) is 30.5 Å². The minimum Gasteiger partial charge on any atom is -0.479 e. The lowest BCUT2D eigenvalue weighted by atomic mass is 9.97. The first-order valence-electron chi connectivity index (χ1n) is 7.07. The summed E-state index contributed by atoms with van der Waals surface area (Å²) in [4.78, 5) is 10.7. The van der Waals surface area contributed by atoms with Crippen LogP contribution >= 0.6 is 0 Å². The predicted octanol–water partition coefficient (Wildman–Crippen LogP) is -5.70. The second-order valence-corrected chi connectivity index (χ2v) is 5.41. The van der Waals surface area contributed by atoms with E-state index in [-0.39, 0.29) is 0 Å². The number of nitrogens with two attached hydrogens (primary N) is 1. The molecule has 0 aromatic heterocycles. The minimum atomic E-state index is -2.35. The van der Waals surface area contributed by atoms with Gasteiger partial charge < -0.3 is 56.1 Å². The molecule has 0 aromatic carbocycles. The summed E-state index contributed by atoms with van der Waals surface area (Å²) in [5, 5.41) is 75.1. The van der Waals surface area contributed by atoms with E-state index < -0.39 is 74.2 Å². The first-order valence-corrected chi connectivity index (χ1v) is 7.07. The van der Waals surface area contributed by atoms with E-state index in [1.54, 1.807) is 0 Å². The minimum absolute atomic E-state index is 0.710. The summed E-state index contributed by atoms with van der Waals surface area (Å²) in [5.41, 5.74) is 5.61. The summed E-state index contributed by atoms with van der Waals surface area (Å²) < 4.78 is 10.2. The fourth-order valence-corrected chi connectivity index (χ4v) is 2.21. The van der Waals surface area contributed by atoms with Crippen molar-refractivity contribution in [1.82, 2.24) is 0 Å². The van der Waals surface area contributed by atoms with Crippen molar-refractivity contribution in [2.24, 2.45) is 5.73 Å². The molecule has 0 radical (unpaired) electrons. The molecule has 1 aliphatic heterocycles. The molecule has 10 N–H and O–H groups in total. The number of hydrogen-bond acceptors (Lipinski definition) is 11. The number of aliphatic hydroxyl groups is 7. The molecule has 1 rings (SSSR count). The van der Waals surface area contributed by atoms with Crippen LogP contribution in [0.5, 0.6) is 0 Å². The van der Waals surface area contributed by atoms with Crippen LogP contribution in [-0.4, -0.2) is 115 Å². The second kappa shape index (κ2) is 8.96. The molecule has 1 heterocycles. The Bertz CT molecular complexity index is 408. The fraction of sp³-hybridized carbons (Fsp3) is 0.917. The Morgan fingerprint density at radius 2 is 1.75 bits per heavy atom. The van der Waals surface area contributed by atoms with E-state index >= 15 is 0 Å². The van der Waals surface area contributed by atoms with Crippen LogP contribution in [0.25, 0.3) is 0 Å². The highest BCUT2D eigenvalue weighted by molar-refractivity contribution is 5.72. The van der Waals surface area contributed by atoms with Crippen molar-refractivity contribution in [1.29, 1.82) is 0 Å². The third-order valence-corrected chi connectivity index (χ3v) is 3.70. The lowest BCUT2D eigenvalue weighted by molar-refractivity contribution is -0.298. The molecule has 12 heteroatoms. The van der Waals surface area contributed by atoms with Crippen molar-refractivity contribution in [3.63, 3.8) is 0 Å². The zero-order chi connectivity index (χ0) is 18.6. The monoisotopic (exact) mass is 357 g/mol. The van der Waals surface area contributed by atoms with Gasteiger partial charge in [0.15, 0.2) is 12.4 Å². The maximum Gasteiger partial charge on any atom is 0.335 e. The highest BCUT2D eigenvalue weighted by atomic mass is 16.7. The zero-order valence-corrected chi connectivity index (χ0v) is 12.5. The molecule has 0 aromatic rings. The molecule has 0 aliphatic carbocycles. The van der Waals surface area contributed by atoms with Gasteiger partial charge in [-0.25, -0.2) is 4.79 Å². The lowest BCUT2D eigenvalue weighted by Gasteiger charge is -2.42. The Labute approximate surface area is 136 Å². The van der Waals surface area contributed by atoms with E-state index in [0.717, 1.165) is 0 Å². The van der Waals surface area contributed by atoms with E-state index in [9.17, 15) is 30.3 Å². The molecule has 9 atom stereocenters. The molecule has 1 saturated heterocycles. The summed E-state index contributed by atoms with van der Waals surface area (Å²) in [6.07, 6.45) is -14.2. The summed E-state index contributed by atoms with van der Waals surface area (Å²) >= 11 is 0. The molecule has 0 spiro atoms. The average Bonchev–Trinajstić information content (AvgIpc) is 2.57. The van der Waals surface area contributed by atoms with Crippen molar-refractivity contribution < 1.29 is 55.1 Å². The Morgan fingerprint density at radius 3 is 2.21 bits per heavy atom. The van der Waals surface area contributed by atoms with Crippen LogP contribution in [0.2, 0.25) is 0 Å². The topological polar surface area (TPSA) is 223 Å². The van der Waals surface area contributed by atoms with Crippen LogP contribution < -0.4 is 5.73 Å². The third-order valence-electron chi connectivity index (χ3n) is 3.70. The van der Waals surface area contributed by atoms with Crippen LogP contribution in [0, 0.1) is 0 Å². The Kier molecular flexibility index (Phi) is 7.88. The van der Waals surface area contributed by atoms with Gasteiger partial charge in [0, 0.05) is 0 Å². The number of carbonyl (C=O) groups is 1. The first-order chi connectivity index (χ1) is 11.1. The third kappa shape index (κ3) is 4.58. The summed E-state index contributed by atoms with van der Waals surface area (Å²) in [7, 11) is 0. The molecule has 0 bridgehead atoms. The number of carboxylic acids is 1. The lowest BCUT2D eigenvalue weighted by Crippen LogP contribution is -2.64. The number of ether oxygens (including phenoxy) is 2. The van der Waals surface area contributed by atoms with Gasteiger partial charge in [-0.2, -0.15) is 0 Å². The molecule has 12 nitrogen and oxygen atoms in total. The van der Waals surface area contributed by atoms with Gasteiger partial charge in [0.25, 0.3) is 0 Å². The standard InChI is InChI=1S/C12H23NO11/c13-5-7(18)6(17)4(2-15)23-12(5)24-10(3(16)1-14)8(19)9(20)11(21)22/h3-10,12,14-20H,1-2,13H2,(H,21,22)/t3?,4?,5?,6-,7?,8?,9?,10?,12-/m0/s1. The van der Waals surface area contributed by atoms with E-state index in [2.05, 4.69) is 0 Å². The predicted molar refractivity (Wildman–Crippen MR) is 73.4 cm³/mol. The maximum absolute atomic E-state index is 10.7. The first kappa shape index (κ1) is 21.1. The van der Waals surface area contributed by atoms with Gasteiger partial charge in [-0.05, 0) is 0 Å². The molecule has 7 unspecified atom stereocenters. The highest BCUT2D eigenvalue weighted by Gasteiger charge is 2.46. The SMILES string of the molecule is NC1C(O)[C@@H](O)C(CO)O[C@H]1OC(C(O)CO)C(O)C(O)C(=O)O. The Hall–Kier alpha value is -0.930. The summed E-state index contributed by atoms with van der Waals surface area (Å²) in [6.45, 7) is -1.66. The molecular formula is C12H23NO11. The van der Waals surface area contributed by atoms with Crippen molar-refractivity contribution in [2.45, 2.75) is 55.1 Å². The van der Waals surface area contributed by atoms with Crippen molar-refractivity contribution in [3.05, 3.63) is 0 Å². The Morgan fingerprint density at radius 1 is 1.17 bits per heavy atom. The molecule has 24 heavy (non-hydrogen) atoms. The summed E-state index contributed by atoms with van der Waals surface area (Å²) in [5.74, 6) is -1.81. The van der Waals surface area contributed by atoms with Crippen molar-refractivity contribution >= 4 is 5.97 Å². The summed E-state index contributed by atoms with van der Waals surface area (Å²) in [6, 6.07) is -1.38. The zero-order valence-electron chi connectivity index (χ0n) is 12.5. The average molecular weight is 357 g/mol.